The van der Waals surface area contributed by atoms with Gasteiger partial charge < -0.3 is 19.5 Å². The van der Waals surface area contributed by atoms with Crippen LogP contribution in [-0.4, -0.2) is 58.6 Å². The average molecular weight is 381 g/mol. The van der Waals surface area contributed by atoms with Crippen molar-refractivity contribution in [1.29, 1.82) is 0 Å². The van der Waals surface area contributed by atoms with Gasteiger partial charge in [-0.25, -0.2) is 4.79 Å². The van der Waals surface area contributed by atoms with Gasteiger partial charge in [-0.1, -0.05) is 18.2 Å². The number of nitrogens with one attached hydrogen (secondary N) is 1. The molecule has 6 nitrogen and oxygen atoms in total. The number of hydrogen-bond donors (Lipinski definition) is 1. The van der Waals surface area contributed by atoms with Gasteiger partial charge in [0.05, 0.1) is 12.5 Å². The maximum atomic E-state index is 13.4. The summed E-state index contributed by atoms with van der Waals surface area (Å²) in [5, 5.41) is 1.25. The molecule has 148 valence electrons. The zero-order valence-corrected chi connectivity index (χ0v) is 16.4. The number of amides is 2. The summed E-state index contributed by atoms with van der Waals surface area (Å²) in [6.07, 6.45) is 4.23. The second kappa shape index (κ2) is 6.54. The molecule has 28 heavy (non-hydrogen) atoms. The first-order valence-electron chi connectivity index (χ1n) is 10.5. The third-order valence-corrected chi connectivity index (χ3v) is 6.82. The molecular formula is C22H27N3O3. The molecule has 0 radical (unpaired) electrons. The number of H-pyrrole nitrogens is 1. The molecule has 2 aromatic rings. The number of likely N-dealkylation sites (tertiary alicyclic amines) is 1. The van der Waals surface area contributed by atoms with Crippen molar-refractivity contribution in [2.24, 2.45) is 0 Å². The molecule has 0 saturated carbocycles. The lowest BCUT2D eigenvalue weighted by atomic mass is 9.84. The Labute approximate surface area is 164 Å². The third-order valence-electron chi connectivity index (χ3n) is 6.82. The van der Waals surface area contributed by atoms with Crippen LogP contribution >= 0.6 is 0 Å². The quantitative estimate of drug-likeness (QED) is 0.867. The summed E-state index contributed by atoms with van der Waals surface area (Å²) in [6.45, 7) is 4.62. The number of likely N-dealkylation sites (N-methyl/N-ethyl adjacent to an activating group) is 1. The molecule has 1 aromatic heterocycles. The van der Waals surface area contributed by atoms with Gasteiger partial charge >= 0.3 is 6.09 Å². The van der Waals surface area contributed by atoms with E-state index in [2.05, 4.69) is 23.2 Å². The summed E-state index contributed by atoms with van der Waals surface area (Å²) in [7, 11) is 0. The van der Waals surface area contributed by atoms with E-state index in [4.69, 9.17) is 4.74 Å². The fourth-order valence-electron chi connectivity index (χ4n) is 5.21. The van der Waals surface area contributed by atoms with E-state index in [1.807, 2.05) is 17.9 Å². The Hall–Kier alpha value is -2.50. The van der Waals surface area contributed by atoms with Crippen LogP contribution in [0.4, 0.5) is 4.79 Å². The van der Waals surface area contributed by atoms with Crippen molar-refractivity contribution in [1.82, 2.24) is 14.8 Å². The smallest absolute Gasteiger partial charge is 0.410 e. The number of carbonyl (C=O) groups is 2. The second-order valence-corrected chi connectivity index (χ2v) is 8.40. The largest absolute Gasteiger partial charge is 0.441 e. The van der Waals surface area contributed by atoms with Crippen LogP contribution < -0.4 is 0 Å². The zero-order valence-electron chi connectivity index (χ0n) is 16.4. The molecule has 1 aromatic carbocycles. The number of ether oxygens (including phenoxy) is 1. The first-order chi connectivity index (χ1) is 13.6. The highest BCUT2D eigenvalue weighted by Gasteiger charge is 2.47. The minimum atomic E-state index is -0.400. The number of rotatable bonds is 2. The number of carbonyl (C=O) groups excluding carboxylic acids is 2. The summed E-state index contributed by atoms with van der Waals surface area (Å²) in [5.74, 6) is 0.141. The molecular weight excluding hydrogens is 354 g/mol. The van der Waals surface area contributed by atoms with Gasteiger partial charge in [-0.3, -0.25) is 4.79 Å². The second-order valence-electron chi connectivity index (χ2n) is 8.40. The summed E-state index contributed by atoms with van der Waals surface area (Å²) < 4.78 is 5.71. The molecule has 2 saturated heterocycles. The number of piperidine rings is 1. The number of fused-ring (bicyclic) bond motifs is 3. The highest BCUT2D eigenvalue weighted by molar-refractivity contribution is 5.90. The molecule has 6 heteroatoms. The van der Waals surface area contributed by atoms with Gasteiger partial charge in [0.2, 0.25) is 5.91 Å². The van der Waals surface area contributed by atoms with E-state index < -0.39 is 5.60 Å². The van der Waals surface area contributed by atoms with Crippen LogP contribution in [0.1, 0.15) is 49.8 Å². The first kappa shape index (κ1) is 17.6. The molecule has 5 rings (SSSR count). The standard InChI is InChI=1S/C22H27N3O3/c1-2-24-14-22(28-21(24)27)10-12-25(13-11-22)20(26)17-8-5-7-16-15-6-3-4-9-18(15)23-19(16)17/h3-4,6,9,17,23H,2,5,7-8,10-14H2,1H3. The maximum absolute atomic E-state index is 13.4. The number of nitrogens with zero attached hydrogens (tertiary/aromatic N) is 2. The van der Waals surface area contributed by atoms with Gasteiger partial charge in [0, 0.05) is 49.1 Å². The van der Waals surface area contributed by atoms with Crippen molar-refractivity contribution in [3.8, 4) is 0 Å². The lowest BCUT2D eigenvalue weighted by Gasteiger charge is -2.39. The molecule has 2 aliphatic heterocycles. The third kappa shape index (κ3) is 2.69. The van der Waals surface area contributed by atoms with Crippen LogP contribution in [-0.2, 0) is 16.0 Å². The Morgan fingerprint density at radius 2 is 2.07 bits per heavy atom. The van der Waals surface area contributed by atoms with E-state index >= 15 is 0 Å². The van der Waals surface area contributed by atoms with Gasteiger partial charge in [-0.15, -0.1) is 0 Å². The Balaban J connectivity index is 1.33. The van der Waals surface area contributed by atoms with Crippen LogP contribution in [0.2, 0.25) is 0 Å². The molecule has 3 heterocycles. The van der Waals surface area contributed by atoms with Crippen LogP contribution in [0, 0.1) is 0 Å². The molecule has 1 unspecified atom stereocenters. The van der Waals surface area contributed by atoms with Crippen molar-refractivity contribution in [3.05, 3.63) is 35.5 Å². The fraction of sp³-hybridized carbons (Fsp3) is 0.545. The van der Waals surface area contributed by atoms with E-state index in [9.17, 15) is 9.59 Å². The predicted molar refractivity (Wildman–Crippen MR) is 106 cm³/mol. The summed E-state index contributed by atoms with van der Waals surface area (Å²) in [6, 6.07) is 8.34. The summed E-state index contributed by atoms with van der Waals surface area (Å²) in [4.78, 5) is 32.6. The number of hydrogen-bond acceptors (Lipinski definition) is 3. The van der Waals surface area contributed by atoms with Crippen LogP contribution in [0.25, 0.3) is 10.9 Å². The molecule has 3 aliphatic rings. The van der Waals surface area contributed by atoms with Crippen molar-refractivity contribution >= 4 is 22.9 Å². The van der Waals surface area contributed by atoms with E-state index in [1.54, 1.807) is 4.90 Å². The molecule has 2 fully saturated rings. The maximum Gasteiger partial charge on any atom is 0.410 e. The van der Waals surface area contributed by atoms with E-state index in [1.165, 1.54) is 10.9 Å². The van der Waals surface area contributed by atoms with Gasteiger partial charge in [-0.05, 0) is 37.8 Å². The van der Waals surface area contributed by atoms with E-state index in [0.717, 1.165) is 43.3 Å². The Bertz CT molecular complexity index is 926. The number of benzene rings is 1. The molecule has 1 N–H and O–H groups in total. The van der Waals surface area contributed by atoms with Gasteiger partial charge in [0.15, 0.2) is 0 Å². The van der Waals surface area contributed by atoms with Gasteiger partial charge in [-0.2, -0.15) is 0 Å². The van der Waals surface area contributed by atoms with Crippen LogP contribution in [0.15, 0.2) is 24.3 Å². The zero-order chi connectivity index (χ0) is 19.3. The minimum Gasteiger partial charge on any atom is -0.441 e. The first-order valence-corrected chi connectivity index (χ1v) is 10.5. The van der Waals surface area contributed by atoms with E-state index in [0.29, 0.717) is 26.2 Å². The molecule has 1 aliphatic carbocycles. The lowest BCUT2D eigenvalue weighted by molar-refractivity contribution is -0.136. The topological polar surface area (TPSA) is 65.6 Å². The lowest BCUT2D eigenvalue weighted by Crippen LogP contribution is -2.50. The Kier molecular flexibility index (Phi) is 4.11. The molecule has 1 atom stereocenters. The highest BCUT2D eigenvalue weighted by Crippen LogP contribution is 2.39. The van der Waals surface area contributed by atoms with Crippen LogP contribution in [0.5, 0.6) is 0 Å². The average Bonchev–Trinajstić information content (AvgIpc) is 3.25. The predicted octanol–water partition coefficient (Wildman–Crippen LogP) is 3.42. The van der Waals surface area contributed by atoms with Crippen molar-refractivity contribution in [3.63, 3.8) is 0 Å². The monoisotopic (exact) mass is 381 g/mol. The SMILES string of the molecule is CCN1CC2(CCN(C(=O)C3CCCc4c3[nH]c3ccccc43)CC2)OC1=O. The van der Waals surface area contributed by atoms with Crippen LogP contribution in [0.3, 0.4) is 0 Å². The normalized spacial score (nSPS) is 23.9. The van der Waals surface area contributed by atoms with Gasteiger partial charge in [0.25, 0.3) is 0 Å². The van der Waals surface area contributed by atoms with Crippen molar-refractivity contribution < 1.29 is 14.3 Å². The number of aromatic nitrogens is 1. The number of para-hydroxylation sites is 1. The Morgan fingerprint density at radius 3 is 2.82 bits per heavy atom. The van der Waals surface area contributed by atoms with Gasteiger partial charge in [0.1, 0.15) is 5.60 Å². The van der Waals surface area contributed by atoms with Crippen molar-refractivity contribution in [2.75, 3.05) is 26.2 Å². The fourth-order valence-corrected chi connectivity index (χ4v) is 5.21. The van der Waals surface area contributed by atoms with Crippen molar-refractivity contribution in [2.45, 2.75) is 50.5 Å². The molecule has 1 spiro atoms. The molecule has 0 bridgehead atoms. The number of aryl methyl sites for hydroxylation is 1. The molecule has 2 amide bonds. The Morgan fingerprint density at radius 1 is 1.29 bits per heavy atom. The van der Waals surface area contributed by atoms with E-state index in [-0.39, 0.29) is 17.9 Å². The summed E-state index contributed by atoms with van der Waals surface area (Å²) in [5.41, 5.74) is 3.16. The number of aromatic amines is 1. The minimum absolute atomic E-state index is 0.0801. The summed E-state index contributed by atoms with van der Waals surface area (Å²) >= 11 is 0. The highest BCUT2D eigenvalue weighted by atomic mass is 16.6.